The van der Waals surface area contributed by atoms with E-state index in [1.807, 2.05) is 34.9 Å². The Morgan fingerprint density at radius 1 is 1.23 bits per heavy atom. The molecule has 1 aromatic heterocycles. The Morgan fingerprint density at radius 2 is 2.00 bits per heavy atom. The summed E-state index contributed by atoms with van der Waals surface area (Å²) >= 11 is 1.50. The van der Waals surface area contributed by atoms with E-state index in [0.717, 1.165) is 10.2 Å². The third-order valence-corrected chi connectivity index (χ3v) is 5.01. The summed E-state index contributed by atoms with van der Waals surface area (Å²) in [7, 11) is 1.66. The van der Waals surface area contributed by atoms with Crippen LogP contribution in [-0.4, -0.2) is 30.3 Å². The molecule has 0 aliphatic heterocycles. The monoisotopic (exact) mass is 370 g/mol. The van der Waals surface area contributed by atoms with Crippen LogP contribution in [0, 0.1) is 6.92 Å². The summed E-state index contributed by atoms with van der Waals surface area (Å²) in [6.45, 7) is 4.96. The molecular formula is C20H22N2O3S. The van der Waals surface area contributed by atoms with Gasteiger partial charge in [0.05, 0.1) is 16.8 Å². The van der Waals surface area contributed by atoms with E-state index in [4.69, 9.17) is 9.47 Å². The van der Waals surface area contributed by atoms with Crippen LogP contribution < -0.4 is 9.54 Å². The van der Waals surface area contributed by atoms with E-state index in [1.54, 1.807) is 14.0 Å². The third kappa shape index (κ3) is 4.20. The molecule has 1 heterocycles. The first-order valence-corrected chi connectivity index (χ1v) is 9.29. The Bertz CT molecular complexity index is 960. The van der Waals surface area contributed by atoms with E-state index < -0.39 is 6.10 Å². The standard InChI is InChI=1S/C20H22N2O3S/c1-14-9-10-17-18(13-14)26-20(22(17)11-12-24-3)21-19(23)15(2)25-16-7-5-4-6-8-16/h4-10,13,15H,11-12H2,1-3H3. The van der Waals surface area contributed by atoms with Crippen molar-refractivity contribution in [1.82, 2.24) is 4.57 Å². The molecule has 0 saturated carbocycles. The normalized spacial score (nSPS) is 13.1. The third-order valence-electron chi connectivity index (χ3n) is 3.97. The summed E-state index contributed by atoms with van der Waals surface area (Å²) in [5.74, 6) is 0.353. The number of aromatic nitrogens is 1. The summed E-state index contributed by atoms with van der Waals surface area (Å²) in [6, 6.07) is 15.5. The zero-order valence-corrected chi connectivity index (χ0v) is 16.0. The molecule has 5 nitrogen and oxygen atoms in total. The minimum Gasteiger partial charge on any atom is -0.481 e. The highest BCUT2D eigenvalue weighted by Crippen LogP contribution is 2.19. The summed E-state index contributed by atoms with van der Waals surface area (Å²) in [4.78, 5) is 17.6. The van der Waals surface area contributed by atoms with E-state index in [9.17, 15) is 4.79 Å². The highest BCUT2D eigenvalue weighted by Gasteiger charge is 2.15. The molecule has 0 radical (unpaired) electrons. The molecule has 3 aromatic rings. The van der Waals surface area contributed by atoms with Crippen molar-refractivity contribution in [2.45, 2.75) is 26.5 Å². The van der Waals surface area contributed by atoms with Crippen LogP contribution in [0.25, 0.3) is 10.2 Å². The maximum atomic E-state index is 12.6. The molecule has 0 aliphatic rings. The van der Waals surface area contributed by atoms with Gasteiger partial charge in [0.1, 0.15) is 5.75 Å². The van der Waals surface area contributed by atoms with Gasteiger partial charge in [0, 0.05) is 13.7 Å². The predicted octanol–water partition coefficient (Wildman–Crippen LogP) is 3.55. The lowest BCUT2D eigenvalue weighted by atomic mass is 10.2. The minimum absolute atomic E-state index is 0.303. The summed E-state index contributed by atoms with van der Waals surface area (Å²) in [5, 5.41) is 0. The lowest BCUT2D eigenvalue weighted by Gasteiger charge is -2.10. The number of carbonyl (C=O) groups is 1. The lowest BCUT2D eigenvalue weighted by molar-refractivity contribution is -0.124. The Morgan fingerprint density at radius 3 is 2.73 bits per heavy atom. The van der Waals surface area contributed by atoms with Crippen molar-refractivity contribution < 1.29 is 14.3 Å². The number of hydrogen-bond donors (Lipinski definition) is 0. The largest absolute Gasteiger partial charge is 0.481 e. The number of thiazole rings is 1. The van der Waals surface area contributed by atoms with E-state index >= 15 is 0 Å². The van der Waals surface area contributed by atoms with Gasteiger partial charge in [0.15, 0.2) is 10.9 Å². The van der Waals surface area contributed by atoms with Gasteiger partial charge in [-0.15, -0.1) is 0 Å². The van der Waals surface area contributed by atoms with Crippen molar-refractivity contribution in [3.05, 3.63) is 58.9 Å². The molecule has 0 bridgehead atoms. The number of benzene rings is 2. The fourth-order valence-corrected chi connectivity index (χ4v) is 3.76. The predicted molar refractivity (Wildman–Crippen MR) is 104 cm³/mol. The average molecular weight is 370 g/mol. The fraction of sp³-hybridized carbons (Fsp3) is 0.300. The molecule has 3 rings (SSSR count). The van der Waals surface area contributed by atoms with E-state index in [-0.39, 0.29) is 5.91 Å². The second-order valence-corrected chi connectivity index (χ2v) is 7.03. The van der Waals surface area contributed by atoms with E-state index in [1.165, 1.54) is 16.9 Å². The van der Waals surface area contributed by atoms with Crippen molar-refractivity contribution in [1.29, 1.82) is 0 Å². The second-order valence-electron chi connectivity index (χ2n) is 6.02. The zero-order valence-electron chi connectivity index (χ0n) is 15.1. The van der Waals surface area contributed by atoms with Gasteiger partial charge in [-0.25, -0.2) is 0 Å². The number of ether oxygens (including phenoxy) is 2. The number of carbonyl (C=O) groups excluding carboxylic acids is 1. The first kappa shape index (κ1) is 18.4. The van der Waals surface area contributed by atoms with Gasteiger partial charge in [-0.3, -0.25) is 4.79 Å². The molecule has 0 N–H and O–H groups in total. The number of hydrogen-bond acceptors (Lipinski definition) is 4. The minimum atomic E-state index is -0.653. The molecule has 6 heteroatoms. The number of aryl methyl sites for hydroxylation is 1. The number of amides is 1. The van der Waals surface area contributed by atoms with Gasteiger partial charge < -0.3 is 14.0 Å². The molecule has 1 amide bonds. The SMILES string of the molecule is COCCn1c(=NC(=O)C(C)Oc2ccccc2)sc2cc(C)ccc21. The van der Waals surface area contributed by atoms with Crippen molar-refractivity contribution in [2.24, 2.45) is 4.99 Å². The maximum Gasteiger partial charge on any atom is 0.289 e. The summed E-state index contributed by atoms with van der Waals surface area (Å²) in [5.41, 5.74) is 2.23. The zero-order chi connectivity index (χ0) is 18.5. The first-order valence-electron chi connectivity index (χ1n) is 8.47. The van der Waals surface area contributed by atoms with Crippen molar-refractivity contribution in [3.8, 4) is 5.75 Å². The van der Waals surface area contributed by atoms with E-state index in [2.05, 4.69) is 30.1 Å². The van der Waals surface area contributed by atoms with Crippen LogP contribution in [-0.2, 0) is 16.1 Å². The maximum absolute atomic E-state index is 12.6. The van der Waals surface area contributed by atoms with Crippen LogP contribution >= 0.6 is 11.3 Å². The number of rotatable bonds is 6. The molecule has 2 aromatic carbocycles. The second kappa shape index (κ2) is 8.29. The number of nitrogens with zero attached hydrogens (tertiary/aromatic N) is 2. The van der Waals surface area contributed by atoms with Gasteiger partial charge >= 0.3 is 0 Å². The molecule has 1 atom stereocenters. The average Bonchev–Trinajstić information content (AvgIpc) is 2.96. The van der Waals surface area contributed by atoms with Gasteiger partial charge in [0.2, 0.25) is 0 Å². The Kier molecular flexibility index (Phi) is 5.85. The van der Waals surface area contributed by atoms with Gasteiger partial charge in [-0.2, -0.15) is 4.99 Å². The molecule has 0 fully saturated rings. The molecular weight excluding hydrogens is 348 g/mol. The van der Waals surface area contributed by atoms with Crippen LogP contribution in [0.3, 0.4) is 0 Å². The van der Waals surface area contributed by atoms with Crippen LogP contribution in [0.4, 0.5) is 0 Å². The van der Waals surface area contributed by atoms with Crippen LogP contribution in [0.2, 0.25) is 0 Å². The van der Waals surface area contributed by atoms with Crippen molar-refractivity contribution in [3.63, 3.8) is 0 Å². The highest BCUT2D eigenvalue weighted by molar-refractivity contribution is 7.16. The highest BCUT2D eigenvalue weighted by atomic mass is 32.1. The van der Waals surface area contributed by atoms with Gasteiger partial charge in [0.25, 0.3) is 5.91 Å². The lowest BCUT2D eigenvalue weighted by Crippen LogP contribution is -2.26. The molecule has 26 heavy (non-hydrogen) atoms. The molecule has 1 unspecified atom stereocenters. The van der Waals surface area contributed by atoms with Gasteiger partial charge in [-0.05, 0) is 43.7 Å². The fourth-order valence-electron chi connectivity index (χ4n) is 2.60. The van der Waals surface area contributed by atoms with Crippen LogP contribution in [0.1, 0.15) is 12.5 Å². The quantitative estimate of drug-likeness (QED) is 0.667. The Hall–Kier alpha value is -2.44. The van der Waals surface area contributed by atoms with Gasteiger partial charge in [-0.1, -0.05) is 35.6 Å². The van der Waals surface area contributed by atoms with Crippen molar-refractivity contribution >= 4 is 27.5 Å². The number of fused-ring (bicyclic) bond motifs is 1. The number of para-hydroxylation sites is 1. The van der Waals surface area contributed by atoms with Crippen LogP contribution in [0.5, 0.6) is 5.75 Å². The van der Waals surface area contributed by atoms with Crippen LogP contribution in [0.15, 0.2) is 53.5 Å². The smallest absolute Gasteiger partial charge is 0.289 e. The molecule has 0 spiro atoms. The molecule has 0 saturated heterocycles. The van der Waals surface area contributed by atoms with Crippen molar-refractivity contribution in [2.75, 3.05) is 13.7 Å². The molecule has 0 aliphatic carbocycles. The summed E-state index contributed by atoms with van der Waals surface area (Å²) in [6.07, 6.45) is -0.653. The summed E-state index contributed by atoms with van der Waals surface area (Å²) < 4.78 is 14.0. The Balaban J connectivity index is 1.93. The number of methoxy groups -OCH3 is 1. The topological polar surface area (TPSA) is 52.8 Å². The Labute approximate surface area is 156 Å². The first-order chi connectivity index (χ1) is 12.6. The van der Waals surface area contributed by atoms with E-state index in [0.29, 0.717) is 23.7 Å². The molecule has 136 valence electrons.